The Hall–Kier alpha value is -2.28. The second-order valence-corrected chi connectivity index (χ2v) is 7.98. The maximum absolute atomic E-state index is 10.1. The second-order valence-electron chi connectivity index (χ2n) is 7.98. The molecule has 0 radical (unpaired) electrons. The summed E-state index contributed by atoms with van der Waals surface area (Å²) in [5.74, 6) is 1.76. The fourth-order valence-electron chi connectivity index (χ4n) is 4.24. The van der Waals surface area contributed by atoms with E-state index in [2.05, 4.69) is 23.5 Å². The van der Waals surface area contributed by atoms with Crippen molar-refractivity contribution in [3.63, 3.8) is 0 Å². The lowest BCUT2D eigenvalue weighted by molar-refractivity contribution is -0.0431. The Labute approximate surface area is 177 Å². The molecule has 2 heterocycles. The van der Waals surface area contributed by atoms with Crippen molar-refractivity contribution < 1.29 is 24.4 Å². The number of nitrogens with one attached hydrogen (secondary N) is 1. The number of fused-ring (bicyclic) bond motifs is 1. The maximum atomic E-state index is 10.1. The predicted octanol–water partition coefficient (Wildman–Crippen LogP) is 3.44. The van der Waals surface area contributed by atoms with Crippen molar-refractivity contribution in [1.82, 2.24) is 0 Å². The molecule has 2 aliphatic rings. The molecular formula is C24H31NO5. The third kappa shape index (κ3) is 4.89. The highest BCUT2D eigenvalue weighted by atomic mass is 16.5. The van der Waals surface area contributed by atoms with Crippen molar-refractivity contribution in [2.45, 2.75) is 50.9 Å². The molecular weight excluding hydrogens is 382 g/mol. The fraction of sp³-hybridized carbons (Fsp3) is 0.500. The van der Waals surface area contributed by atoms with E-state index in [4.69, 9.17) is 14.2 Å². The summed E-state index contributed by atoms with van der Waals surface area (Å²) < 4.78 is 17.7. The molecule has 3 N–H and O–H groups in total. The quantitative estimate of drug-likeness (QED) is 0.673. The first-order chi connectivity index (χ1) is 14.7. The summed E-state index contributed by atoms with van der Waals surface area (Å²) in [4.78, 5) is 0. The number of aliphatic hydroxyl groups excluding tert-OH is 2. The molecule has 2 aromatic carbocycles. The molecule has 0 spiro atoms. The number of aliphatic hydroxyl groups is 2. The molecule has 1 fully saturated rings. The van der Waals surface area contributed by atoms with Crippen LogP contribution in [0.2, 0.25) is 0 Å². The van der Waals surface area contributed by atoms with Gasteiger partial charge in [-0.25, -0.2) is 0 Å². The molecule has 4 rings (SSSR count). The lowest BCUT2D eigenvalue weighted by atomic mass is 9.97. The van der Waals surface area contributed by atoms with E-state index in [1.807, 2.05) is 25.1 Å². The van der Waals surface area contributed by atoms with E-state index in [1.165, 1.54) is 5.56 Å². The van der Waals surface area contributed by atoms with Crippen LogP contribution in [0.1, 0.15) is 49.0 Å². The van der Waals surface area contributed by atoms with Crippen molar-refractivity contribution in [1.29, 1.82) is 0 Å². The Morgan fingerprint density at radius 2 is 2.07 bits per heavy atom. The number of hydrogen-bond donors (Lipinski definition) is 3. The lowest BCUT2D eigenvalue weighted by Gasteiger charge is -2.22. The van der Waals surface area contributed by atoms with Crippen LogP contribution in [0.4, 0.5) is 5.69 Å². The topological polar surface area (TPSA) is 80.2 Å². The van der Waals surface area contributed by atoms with E-state index in [9.17, 15) is 10.2 Å². The third-order valence-corrected chi connectivity index (χ3v) is 5.73. The Kier molecular flexibility index (Phi) is 6.77. The van der Waals surface area contributed by atoms with Gasteiger partial charge < -0.3 is 29.7 Å². The van der Waals surface area contributed by atoms with E-state index in [1.54, 1.807) is 0 Å². The number of benzene rings is 2. The highest BCUT2D eigenvalue weighted by Crippen LogP contribution is 2.35. The van der Waals surface area contributed by atoms with Gasteiger partial charge in [0.15, 0.2) is 0 Å². The molecule has 3 unspecified atom stereocenters. The monoisotopic (exact) mass is 413 g/mol. The van der Waals surface area contributed by atoms with E-state index in [-0.39, 0.29) is 18.8 Å². The van der Waals surface area contributed by atoms with Gasteiger partial charge in [-0.1, -0.05) is 12.1 Å². The van der Waals surface area contributed by atoms with Crippen molar-refractivity contribution in [3.05, 3.63) is 53.1 Å². The van der Waals surface area contributed by atoms with Gasteiger partial charge in [-0.05, 0) is 60.7 Å². The molecule has 1 saturated heterocycles. The van der Waals surface area contributed by atoms with Gasteiger partial charge in [0.1, 0.15) is 18.1 Å². The molecule has 6 nitrogen and oxygen atoms in total. The fourth-order valence-corrected chi connectivity index (χ4v) is 4.24. The van der Waals surface area contributed by atoms with Crippen LogP contribution in [0, 0.1) is 0 Å². The van der Waals surface area contributed by atoms with Gasteiger partial charge in [0.05, 0.1) is 37.2 Å². The molecule has 30 heavy (non-hydrogen) atoms. The molecule has 0 amide bonds. The normalized spacial score (nSPS) is 23.6. The van der Waals surface area contributed by atoms with Crippen LogP contribution in [0.15, 0.2) is 36.4 Å². The second kappa shape index (κ2) is 9.69. The number of hydrogen-bond acceptors (Lipinski definition) is 6. The lowest BCUT2D eigenvalue weighted by Crippen LogP contribution is -2.22. The summed E-state index contributed by atoms with van der Waals surface area (Å²) in [7, 11) is 0. The van der Waals surface area contributed by atoms with Gasteiger partial charge in [0.25, 0.3) is 0 Å². The first kappa shape index (κ1) is 21.0. The minimum absolute atomic E-state index is 0.0817. The zero-order chi connectivity index (χ0) is 20.9. The van der Waals surface area contributed by atoms with E-state index >= 15 is 0 Å². The SMILES string of the molecule is CCOc1ccc(C2CCC(O)CC(CO)O2)cc1Cc1ccc2c(c1)NCCO2. The van der Waals surface area contributed by atoms with Crippen molar-refractivity contribution in [2.24, 2.45) is 0 Å². The summed E-state index contributed by atoms with van der Waals surface area (Å²) in [5.41, 5.74) is 4.36. The van der Waals surface area contributed by atoms with Crippen molar-refractivity contribution in [3.8, 4) is 11.5 Å². The summed E-state index contributed by atoms with van der Waals surface area (Å²) in [6.45, 7) is 4.01. The Morgan fingerprint density at radius 3 is 2.90 bits per heavy atom. The molecule has 3 atom stereocenters. The first-order valence-electron chi connectivity index (χ1n) is 10.9. The molecule has 0 bridgehead atoms. The molecule has 6 heteroatoms. The first-order valence-corrected chi connectivity index (χ1v) is 10.9. The standard InChI is InChI=1S/C24H31NO5/c1-2-28-22-7-4-17(23-8-5-19(27)14-20(15-26)30-23)13-18(22)11-16-3-6-24-21(12-16)25-9-10-29-24/h3-4,6-7,12-13,19-20,23,25-27H,2,5,8-11,14-15H2,1H3. The van der Waals surface area contributed by atoms with Gasteiger partial charge in [-0.3, -0.25) is 0 Å². The molecule has 0 saturated carbocycles. The minimum Gasteiger partial charge on any atom is -0.494 e. The summed E-state index contributed by atoms with van der Waals surface area (Å²) in [5, 5.41) is 23.1. The van der Waals surface area contributed by atoms with E-state index in [0.717, 1.165) is 47.7 Å². The van der Waals surface area contributed by atoms with Crippen molar-refractivity contribution in [2.75, 3.05) is 31.7 Å². The largest absolute Gasteiger partial charge is 0.494 e. The molecule has 0 aromatic heterocycles. The van der Waals surface area contributed by atoms with Crippen molar-refractivity contribution >= 4 is 5.69 Å². The minimum atomic E-state index is -0.431. The van der Waals surface area contributed by atoms with E-state index in [0.29, 0.717) is 26.1 Å². The Bertz CT molecular complexity index is 855. The van der Waals surface area contributed by atoms with Gasteiger partial charge in [0, 0.05) is 19.4 Å². The highest BCUT2D eigenvalue weighted by molar-refractivity contribution is 5.60. The number of ether oxygens (including phenoxy) is 3. The van der Waals surface area contributed by atoms with Crippen LogP contribution < -0.4 is 14.8 Å². The summed E-state index contributed by atoms with van der Waals surface area (Å²) >= 11 is 0. The van der Waals surface area contributed by atoms with E-state index < -0.39 is 6.10 Å². The van der Waals surface area contributed by atoms with Crippen LogP contribution in [0.3, 0.4) is 0 Å². The molecule has 2 aromatic rings. The van der Waals surface area contributed by atoms with Crippen LogP contribution >= 0.6 is 0 Å². The Morgan fingerprint density at radius 1 is 1.17 bits per heavy atom. The number of rotatable bonds is 6. The van der Waals surface area contributed by atoms with Gasteiger partial charge in [0.2, 0.25) is 0 Å². The summed E-state index contributed by atoms with van der Waals surface area (Å²) in [6.07, 6.45) is 1.68. The molecule has 0 aliphatic carbocycles. The van der Waals surface area contributed by atoms with Gasteiger partial charge in [-0.2, -0.15) is 0 Å². The average Bonchev–Trinajstić information content (AvgIpc) is 2.96. The number of anilines is 1. The van der Waals surface area contributed by atoms with Crippen LogP contribution in [0.5, 0.6) is 11.5 Å². The van der Waals surface area contributed by atoms with Crippen LogP contribution in [-0.2, 0) is 11.2 Å². The molecule has 162 valence electrons. The summed E-state index contributed by atoms with van der Waals surface area (Å²) in [6, 6.07) is 12.4. The maximum Gasteiger partial charge on any atom is 0.142 e. The zero-order valence-corrected chi connectivity index (χ0v) is 17.5. The van der Waals surface area contributed by atoms with Crippen LogP contribution in [-0.4, -0.2) is 48.8 Å². The average molecular weight is 414 g/mol. The third-order valence-electron chi connectivity index (χ3n) is 5.73. The zero-order valence-electron chi connectivity index (χ0n) is 17.5. The Balaban J connectivity index is 1.60. The molecule has 2 aliphatic heterocycles. The van der Waals surface area contributed by atoms with Gasteiger partial charge >= 0.3 is 0 Å². The van der Waals surface area contributed by atoms with Gasteiger partial charge in [-0.15, -0.1) is 0 Å². The highest BCUT2D eigenvalue weighted by Gasteiger charge is 2.26. The smallest absolute Gasteiger partial charge is 0.142 e. The predicted molar refractivity (Wildman–Crippen MR) is 115 cm³/mol. The van der Waals surface area contributed by atoms with Crippen LogP contribution in [0.25, 0.3) is 0 Å².